The number of carbonyl (C=O) groups is 2. The molecule has 2 fully saturated rings. The van der Waals surface area contributed by atoms with Crippen LogP contribution in [0.3, 0.4) is 0 Å². The highest BCUT2D eigenvalue weighted by Gasteiger charge is 2.32. The molecule has 3 aromatic rings. The van der Waals surface area contributed by atoms with Gasteiger partial charge in [0.15, 0.2) is 0 Å². The van der Waals surface area contributed by atoms with Gasteiger partial charge < -0.3 is 10.2 Å². The van der Waals surface area contributed by atoms with Crippen LogP contribution < -0.4 is 5.32 Å². The minimum Gasteiger partial charge on any atom is -0.353 e. The number of hydrogen-bond donors (Lipinski definition) is 1. The van der Waals surface area contributed by atoms with E-state index in [0.717, 1.165) is 36.9 Å². The van der Waals surface area contributed by atoms with Crippen LogP contribution >= 0.6 is 0 Å². The molecule has 1 N–H and O–H groups in total. The maximum atomic E-state index is 13.7. The molecular formula is C30H36N4O2. The minimum atomic E-state index is -0.0233. The average Bonchev–Trinajstić information content (AvgIpc) is 3.39. The normalized spacial score (nSPS) is 18.1. The van der Waals surface area contributed by atoms with E-state index >= 15 is 0 Å². The summed E-state index contributed by atoms with van der Waals surface area (Å²) in [6.07, 6.45) is 9.46. The Morgan fingerprint density at radius 3 is 2.19 bits per heavy atom. The molecular weight excluding hydrogens is 448 g/mol. The van der Waals surface area contributed by atoms with Gasteiger partial charge in [0, 0.05) is 36.8 Å². The molecule has 0 bridgehead atoms. The van der Waals surface area contributed by atoms with Crippen LogP contribution in [-0.2, 0) is 4.79 Å². The first-order valence-corrected chi connectivity index (χ1v) is 13.4. The summed E-state index contributed by atoms with van der Waals surface area (Å²) >= 11 is 0. The lowest BCUT2D eigenvalue weighted by atomic mass is 9.84. The van der Waals surface area contributed by atoms with Gasteiger partial charge in [-0.05, 0) is 43.7 Å². The lowest BCUT2D eigenvalue weighted by Crippen LogP contribution is -2.45. The van der Waals surface area contributed by atoms with Crippen LogP contribution in [0.1, 0.15) is 62.2 Å². The average molecular weight is 485 g/mol. The van der Waals surface area contributed by atoms with Crippen molar-refractivity contribution in [3.63, 3.8) is 0 Å². The molecule has 6 nitrogen and oxygen atoms in total. The van der Waals surface area contributed by atoms with Gasteiger partial charge in [-0.2, -0.15) is 5.10 Å². The molecule has 2 aromatic carbocycles. The lowest BCUT2D eigenvalue weighted by Gasteiger charge is -2.35. The fraction of sp³-hybridized carbons (Fsp3) is 0.433. The Bertz CT molecular complexity index is 1160. The number of rotatable bonds is 6. The molecule has 1 saturated carbocycles. The van der Waals surface area contributed by atoms with Gasteiger partial charge in [-0.15, -0.1) is 0 Å². The minimum absolute atomic E-state index is 0.00814. The van der Waals surface area contributed by atoms with Crippen molar-refractivity contribution in [2.45, 2.75) is 57.9 Å². The highest BCUT2D eigenvalue weighted by molar-refractivity contribution is 6.00. The zero-order valence-corrected chi connectivity index (χ0v) is 21.1. The van der Waals surface area contributed by atoms with Crippen LogP contribution in [0.5, 0.6) is 0 Å². The van der Waals surface area contributed by atoms with Crippen molar-refractivity contribution in [1.82, 2.24) is 20.0 Å². The SMILES string of the molecule is C[C@@H](C(=O)NC1CCCCC1)C1CCN(C(=O)c2cn(-c3ccccc3)nc2-c2ccccc2)CC1. The fourth-order valence-electron chi connectivity index (χ4n) is 5.62. The van der Waals surface area contributed by atoms with Crippen molar-refractivity contribution in [1.29, 1.82) is 0 Å². The van der Waals surface area contributed by atoms with Gasteiger partial charge in [0.1, 0.15) is 5.69 Å². The molecule has 0 radical (unpaired) electrons. The molecule has 0 spiro atoms. The molecule has 188 valence electrons. The molecule has 2 amide bonds. The second-order valence-electron chi connectivity index (χ2n) is 10.3. The third-order valence-corrected chi connectivity index (χ3v) is 7.91. The van der Waals surface area contributed by atoms with Crippen molar-refractivity contribution in [3.05, 3.63) is 72.4 Å². The highest BCUT2D eigenvalue weighted by Crippen LogP contribution is 2.30. The molecule has 6 heteroatoms. The Kier molecular flexibility index (Phi) is 7.49. The summed E-state index contributed by atoms with van der Waals surface area (Å²) in [6, 6.07) is 20.1. The molecule has 1 aliphatic heterocycles. The molecule has 5 rings (SSSR count). The van der Waals surface area contributed by atoms with Gasteiger partial charge in [0.2, 0.25) is 5.91 Å². The molecule has 2 aliphatic rings. The second-order valence-corrected chi connectivity index (χ2v) is 10.3. The number of amides is 2. The van der Waals surface area contributed by atoms with Crippen LogP contribution in [0, 0.1) is 11.8 Å². The number of carbonyl (C=O) groups excluding carboxylic acids is 2. The lowest BCUT2D eigenvalue weighted by molar-refractivity contribution is -0.127. The van der Waals surface area contributed by atoms with E-state index in [1.807, 2.05) is 71.8 Å². The van der Waals surface area contributed by atoms with Gasteiger partial charge in [-0.1, -0.05) is 74.7 Å². The third-order valence-electron chi connectivity index (χ3n) is 7.91. The summed E-state index contributed by atoms with van der Waals surface area (Å²) in [6.45, 7) is 3.38. The largest absolute Gasteiger partial charge is 0.353 e. The summed E-state index contributed by atoms with van der Waals surface area (Å²) in [5.41, 5.74) is 3.17. The van der Waals surface area contributed by atoms with Gasteiger partial charge in [-0.3, -0.25) is 9.59 Å². The highest BCUT2D eigenvalue weighted by atomic mass is 16.2. The first-order valence-electron chi connectivity index (χ1n) is 13.4. The van der Waals surface area contributed by atoms with Gasteiger partial charge in [0.25, 0.3) is 5.91 Å². The van der Waals surface area contributed by atoms with Crippen molar-refractivity contribution in [2.24, 2.45) is 11.8 Å². The maximum absolute atomic E-state index is 13.7. The number of benzene rings is 2. The van der Waals surface area contributed by atoms with Crippen LogP contribution in [0.15, 0.2) is 66.9 Å². The van der Waals surface area contributed by atoms with Crippen LogP contribution in [0.4, 0.5) is 0 Å². The van der Waals surface area contributed by atoms with Crippen molar-refractivity contribution in [2.75, 3.05) is 13.1 Å². The summed E-state index contributed by atoms with van der Waals surface area (Å²) in [5, 5.41) is 8.09. The molecule has 2 heterocycles. The van der Waals surface area contributed by atoms with E-state index in [1.165, 1.54) is 19.3 Å². The van der Waals surface area contributed by atoms with E-state index in [9.17, 15) is 9.59 Å². The third kappa shape index (κ3) is 5.38. The van der Waals surface area contributed by atoms with E-state index in [4.69, 9.17) is 5.10 Å². The summed E-state index contributed by atoms with van der Waals surface area (Å²) in [7, 11) is 0. The summed E-state index contributed by atoms with van der Waals surface area (Å²) in [4.78, 5) is 28.5. The molecule has 1 aliphatic carbocycles. The number of aromatic nitrogens is 2. The zero-order valence-electron chi connectivity index (χ0n) is 21.1. The number of piperidine rings is 1. The zero-order chi connectivity index (χ0) is 24.9. The van der Waals surface area contributed by atoms with E-state index < -0.39 is 0 Å². The van der Waals surface area contributed by atoms with E-state index in [0.29, 0.717) is 36.3 Å². The topological polar surface area (TPSA) is 67.2 Å². The van der Waals surface area contributed by atoms with Crippen LogP contribution in [0.2, 0.25) is 0 Å². The number of para-hydroxylation sites is 1. The van der Waals surface area contributed by atoms with E-state index in [2.05, 4.69) is 12.2 Å². The number of nitrogens with zero attached hydrogens (tertiary/aromatic N) is 3. The van der Waals surface area contributed by atoms with Crippen molar-refractivity contribution in [3.8, 4) is 16.9 Å². The predicted molar refractivity (Wildman–Crippen MR) is 142 cm³/mol. The Labute approximate surface area is 213 Å². The fourth-order valence-corrected chi connectivity index (χ4v) is 5.62. The number of nitrogens with one attached hydrogen (secondary N) is 1. The van der Waals surface area contributed by atoms with Crippen molar-refractivity contribution < 1.29 is 9.59 Å². The van der Waals surface area contributed by atoms with Crippen LogP contribution in [-0.4, -0.2) is 45.6 Å². The maximum Gasteiger partial charge on any atom is 0.257 e. The summed E-state index contributed by atoms with van der Waals surface area (Å²) < 4.78 is 1.79. The molecule has 1 aromatic heterocycles. The van der Waals surface area contributed by atoms with Gasteiger partial charge in [0.05, 0.1) is 11.3 Å². The molecule has 1 atom stereocenters. The quantitative estimate of drug-likeness (QED) is 0.504. The monoisotopic (exact) mass is 484 g/mol. The second kappa shape index (κ2) is 11.1. The number of hydrogen-bond acceptors (Lipinski definition) is 3. The smallest absolute Gasteiger partial charge is 0.257 e. The standard InChI is InChI=1S/C30H36N4O2/c1-22(29(35)31-25-13-7-3-8-14-25)23-17-19-33(20-18-23)30(36)27-21-34(26-15-9-4-10-16-26)32-28(27)24-11-5-2-6-12-24/h2,4-6,9-12,15-16,21-23,25H,3,7-8,13-14,17-20H2,1H3,(H,31,35)/t22-/m1/s1. The Balaban J connectivity index is 1.28. The molecule has 36 heavy (non-hydrogen) atoms. The van der Waals surface area contributed by atoms with Crippen molar-refractivity contribution >= 4 is 11.8 Å². The molecule has 0 unspecified atom stereocenters. The van der Waals surface area contributed by atoms with E-state index in [1.54, 1.807) is 4.68 Å². The Morgan fingerprint density at radius 1 is 0.889 bits per heavy atom. The Hall–Kier alpha value is -3.41. The van der Waals surface area contributed by atoms with Gasteiger partial charge >= 0.3 is 0 Å². The Morgan fingerprint density at radius 2 is 1.53 bits per heavy atom. The molecule has 1 saturated heterocycles. The predicted octanol–water partition coefficient (Wildman–Crippen LogP) is 5.48. The first kappa shape index (κ1) is 24.3. The van der Waals surface area contributed by atoms with Crippen LogP contribution in [0.25, 0.3) is 16.9 Å². The number of likely N-dealkylation sites (tertiary alicyclic amines) is 1. The van der Waals surface area contributed by atoms with Gasteiger partial charge in [-0.25, -0.2) is 4.68 Å². The van der Waals surface area contributed by atoms with E-state index in [-0.39, 0.29) is 17.7 Å². The summed E-state index contributed by atoms with van der Waals surface area (Å²) in [5.74, 6) is 0.471. The first-order chi connectivity index (χ1) is 17.6.